The van der Waals surface area contributed by atoms with E-state index in [9.17, 15) is 0 Å². The monoisotopic (exact) mass is 425 g/mol. The van der Waals surface area contributed by atoms with Crippen LogP contribution in [0, 0.1) is 6.92 Å². The van der Waals surface area contributed by atoms with Crippen LogP contribution in [0.15, 0.2) is 78.0 Å². The van der Waals surface area contributed by atoms with Crippen LogP contribution in [0.2, 0.25) is 10.0 Å². The molecule has 0 aliphatic rings. The zero-order valence-electron chi connectivity index (χ0n) is 15.1. The molecule has 0 aliphatic heterocycles. The molecule has 6 heteroatoms. The van der Waals surface area contributed by atoms with Gasteiger partial charge < -0.3 is 0 Å². The number of aromatic nitrogens is 3. The van der Waals surface area contributed by atoms with Gasteiger partial charge in [-0.2, -0.15) is 0 Å². The van der Waals surface area contributed by atoms with Crippen molar-refractivity contribution in [1.29, 1.82) is 0 Å². The molecular formula is C22H17Cl2N3S. The van der Waals surface area contributed by atoms with Gasteiger partial charge in [-0.25, -0.2) is 0 Å². The van der Waals surface area contributed by atoms with Gasteiger partial charge in [0.2, 0.25) is 0 Å². The average molecular weight is 426 g/mol. The van der Waals surface area contributed by atoms with Gasteiger partial charge >= 0.3 is 0 Å². The summed E-state index contributed by atoms with van der Waals surface area (Å²) in [6.07, 6.45) is 0. The van der Waals surface area contributed by atoms with Crippen molar-refractivity contribution in [2.45, 2.75) is 17.8 Å². The van der Waals surface area contributed by atoms with Crippen molar-refractivity contribution >= 4 is 35.0 Å². The first-order chi connectivity index (χ1) is 13.6. The van der Waals surface area contributed by atoms with Crippen LogP contribution in [0.3, 0.4) is 0 Å². The minimum Gasteiger partial charge on any atom is -0.270 e. The van der Waals surface area contributed by atoms with Gasteiger partial charge in [0.25, 0.3) is 0 Å². The summed E-state index contributed by atoms with van der Waals surface area (Å²) in [4.78, 5) is 0. The standard InChI is InChI=1S/C22H17Cl2N3S/c1-15-10-12-16(13-11-15)21-25-26-22(27(21)17-6-3-2-4-7-17)28-14-18-19(23)8-5-9-20(18)24/h2-13H,14H2,1H3. The second-order valence-electron chi connectivity index (χ2n) is 6.33. The molecule has 28 heavy (non-hydrogen) atoms. The van der Waals surface area contributed by atoms with E-state index in [1.54, 1.807) is 11.8 Å². The number of thioether (sulfide) groups is 1. The van der Waals surface area contributed by atoms with Crippen molar-refractivity contribution < 1.29 is 0 Å². The van der Waals surface area contributed by atoms with Gasteiger partial charge in [0.05, 0.1) is 0 Å². The van der Waals surface area contributed by atoms with Crippen molar-refractivity contribution in [2.24, 2.45) is 0 Å². The largest absolute Gasteiger partial charge is 0.270 e. The fourth-order valence-corrected chi connectivity index (χ4v) is 4.56. The molecule has 0 radical (unpaired) electrons. The van der Waals surface area contributed by atoms with Crippen LogP contribution in [0.25, 0.3) is 17.1 Å². The Morgan fingerprint density at radius 3 is 2.18 bits per heavy atom. The lowest BCUT2D eigenvalue weighted by molar-refractivity contribution is 0.886. The lowest BCUT2D eigenvalue weighted by Gasteiger charge is -2.11. The highest BCUT2D eigenvalue weighted by Gasteiger charge is 2.17. The summed E-state index contributed by atoms with van der Waals surface area (Å²) in [6, 6.07) is 24.0. The SMILES string of the molecule is Cc1ccc(-c2nnc(SCc3c(Cl)cccc3Cl)n2-c2ccccc2)cc1. The number of hydrogen-bond donors (Lipinski definition) is 0. The Morgan fingerprint density at radius 1 is 0.821 bits per heavy atom. The molecule has 0 saturated carbocycles. The van der Waals surface area contributed by atoms with Crippen LogP contribution in [0.4, 0.5) is 0 Å². The number of aryl methyl sites for hydroxylation is 1. The molecule has 140 valence electrons. The molecular weight excluding hydrogens is 409 g/mol. The highest BCUT2D eigenvalue weighted by Crippen LogP contribution is 2.33. The van der Waals surface area contributed by atoms with E-state index in [2.05, 4.69) is 46.0 Å². The average Bonchev–Trinajstić information content (AvgIpc) is 3.13. The van der Waals surface area contributed by atoms with E-state index in [-0.39, 0.29) is 0 Å². The maximum Gasteiger partial charge on any atom is 0.196 e. The van der Waals surface area contributed by atoms with Crippen molar-refractivity contribution in [3.8, 4) is 17.1 Å². The molecule has 0 bridgehead atoms. The van der Waals surface area contributed by atoms with Crippen LogP contribution < -0.4 is 0 Å². The lowest BCUT2D eigenvalue weighted by Crippen LogP contribution is -1.99. The van der Waals surface area contributed by atoms with Crippen molar-refractivity contribution in [1.82, 2.24) is 14.8 Å². The second-order valence-corrected chi connectivity index (χ2v) is 8.09. The van der Waals surface area contributed by atoms with Crippen LogP contribution in [0.1, 0.15) is 11.1 Å². The smallest absolute Gasteiger partial charge is 0.196 e. The zero-order chi connectivity index (χ0) is 19.5. The first-order valence-corrected chi connectivity index (χ1v) is 10.5. The predicted octanol–water partition coefficient (Wildman–Crippen LogP) is 6.84. The van der Waals surface area contributed by atoms with Crippen LogP contribution >= 0.6 is 35.0 Å². The highest BCUT2D eigenvalue weighted by molar-refractivity contribution is 7.98. The Morgan fingerprint density at radius 2 is 1.50 bits per heavy atom. The normalized spacial score (nSPS) is 11.0. The van der Waals surface area contributed by atoms with E-state index in [4.69, 9.17) is 23.2 Å². The van der Waals surface area contributed by atoms with Crippen LogP contribution in [-0.4, -0.2) is 14.8 Å². The Kier molecular flexibility index (Phi) is 5.72. The number of halogens is 2. The fourth-order valence-electron chi connectivity index (χ4n) is 2.87. The van der Waals surface area contributed by atoms with Gasteiger partial charge in [-0.05, 0) is 36.8 Å². The molecule has 0 atom stereocenters. The molecule has 3 nitrogen and oxygen atoms in total. The summed E-state index contributed by atoms with van der Waals surface area (Å²) in [5.74, 6) is 1.41. The van der Waals surface area contributed by atoms with E-state index in [0.29, 0.717) is 15.8 Å². The molecule has 0 spiro atoms. The molecule has 0 aliphatic carbocycles. The quantitative estimate of drug-likeness (QED) is 0.327. The summed E-state index contributed by atoms with van der Waals surface area (Å²) >= 11 is 14.2. The van der Waals surface area contributed by atoms with E-state index in [1.165, 1.54) is 5.56 Å². The van der Waals surface area contributed by atoms with Crippen LogP contribution in [0.5, 0.6) is 0 Å². The van der Waals surface area contributed by atoms with Crippen molar-refractivity contribution in [2.75, 3.05) is 0 Å². The number of rotatable bonds is 5. The van der Waals surface area contributed by atoms with Gasteiger partial charge in [-0.1, -0.05) is 89.1 Å². The molecule has 1 aromatic heterocycles. The van der Waals surface area contributed by atoms with Crippen LogP contribution in [-0.2, 0) is 5.75 Å². The zero-order valence-corrected chi connectivity index (χ0v) is 17.5. The molecule has 1 heterocycles. The Labute approximate surface area is 178 Å². The third-order valence-corrected chi connectivity index (χ3v) is 6.03. The third kappa shape index (κ3) is 3.95. The molecule has 0 N–H and O–H groups in total. The van der Waals surface area contributed by atoms with Gasteiger partial charge in [0.15, 0.2) is 11.0 Å². The minimum atomic E-state index is 0.609. The summed E-state index contributed by atoms with van der Waals surface area (Å²) < 4.78 is 2.07. The third-order valence-electron chi connectivity index (χ3n) is 4.36. The molecule has 0 fully saturated rings. The molecule has 0 saturated heterocycles. The minimum absolute atomic E-state index is 0.609. The van der Waals surface area contributed by atoms with E-state index in [1.807, 2.05) is 48.5 Å². The van der Waals surface area contributed by atoms with Gasteiger partial charge in [-0.15, -0.1) is 10.2 Å². The Balaban J connectivity index is 1.74. The van der Waals surface area contributed by atoms with E-state index in [0.717, 1.165) is 27.8 Å². The Hall–Kier alpha value is -2.27. The number of hydrogen-bond acceptors (Lipinski definition) is 3. The lowest BCUT2D eigenvalue weighted by atomic mass is 10.1. The van der Waals surface area contributed by atoms with Gasteiger partial charge in [0.1, 0.15) is 0 Å². The van der Waals surface area contributed by atoms with Crippen molar-refractivity contribution in [3.63, 3.8) is 0 Å². The predicted molar refractivity (Wildman–Crippen MR) is 118 cm³/mol. The van der Waals surface area contributed by atoms with E-state index >= 15 is 0 Å². The van der Waals surface area contributed by atoms with Gasteiger partial charge in [0, 0.05) is 27.0 Å². The molecule has 0 unspecified atom stereocenters. The highest BCUT2D eigenvalue weighted by atomic mass is 35.5. The molecule has 4 aromatic rings. The fraction of sp³-hybridized carbons (Fsp3) is 0.0909. The maximum atomic E-state index is 6.33. The molecule has 4 rings (SSSR count). The second kappa shape index (κ2) is 8.39. The number of benzene rings is 3. The Bertz CT molecular complexity index is 1070. The van der Waals surface area contributed by atoms with Crippen molar-refractivity contribution in [3.05, 3.63) is 94.0 Å². The maximum absolute atomic E-state index is 6.33. The number of nitrogens with zero attached hydrogens (tertiary/aromatic N) is 3. The molecule has 0 amide bonds. The molecule has 3 aromatic carbocycles. The summed E-state index contributed by atoms with van der Waals surface area (Å²) in [5.41, 5.74) is 4.13. The first kappa shape index (κ1) is 19.1. The van der Waals surface area contributed by atoms with Gasteiger partial charge in [-0.3, -0.25) is 4.57 Å². The summed E-state index contributed by atoms with van der Waals surface area (Å²) in [5, 5.41) is 11.0. The topological polar surface area (TPSA) is 30.7 Å². The summed E-state index contributed by atoms with van der Waals surface area (Å²) in [7, 11) is 0. The first-order valence-electron chi connectivity index (χ1n) is 8.77. The number of para-hydroxylation sites is 1. The summed E-state index contributed by atoms with van der Waals surface area (Å²) in [6.45, 7) is 2.07. The van der Waals surface area contributed by atoms with E-state index < -0.39 is 0 Å².